The number of hydrogen-bond donors (Lipinski definition) is 0. The minimum atomic E-state index is 1.00. The molecule has 33 heavy (non-hydrogen) atoms. The van der Waals surface area contributed by atoms with E-state index < -0.39 is 0 Å². The number of rotatable bonds is 3. The number of nitrogens with zero attached hydrogens (tertiary/aromatic N) is 2. The van der Waals surface area contributed by atoms with Gasteiger partial charge in [-0.25, -0.2) is 0 Å². The molecule has 0 bridgehead atoms. The zero-order chi connectivity index (χ0) is 22.4. The van der Waals surface area contributed by atoms with E-state index in [2.05, 4.69) is 127 Å². The highest BCUT2D eigenvalue weighted by Gasteiger charge is 2.13. The van der Waals surface area contributed by atoms with Gasteiger partial charge in [-0.3, -0.25) is 4.98 Å². The van der Waals surface area contributed by atoms with Gasteiger partial charge in [0.15, 0.2) is 0 Å². The molecule has 0 aliphatic rings. The molecule has 0 aliphatic carbocycles. The van der Waals surface area contributed by atoms with Gasteiger partial charge in [-0.05, 0) is 66.4 Å². The average molecular weight is 425 g/mol. The molecule has 0 saturated carbocycles. The zero-order valence-electron chi connectivity index (χ0n) is 18.8. The summed E-state index contributed by atoms with van der Waals surface area (Å²) in [5, 5.41) is 2.56. The van der Waals surface area contributed by atoms with Crippen LogP contribution in [-0.2, 0) is 0 Å². The van der Waals surface area contributed by atoms with Gasteiger partial charge in [-0.2, -0.15) is 0 Å². The largest absolute Gasteiger partial charge is 0.309 e. The van der Waals surface area contributed by atoms with Gasteiger partial charge in [0.1, 0.15) is 0 Å². The van der Waals surface area contributed by atoms with Crippen molar-refractivity contribution in [3.8, 4) is 28.1 Å². The van der Waals surface area contributed by atoms with Gasteiger partial charge in [-0.15, -0.1) is 0 Å². The van der Waals surface area contributed by atoms with Crippen molar-refractivity contribution in [2.45, 2.75) is 13.8 Å². The van der Waals surface area contributed by atoms with E-state index in [1.54, 1.807) is 0 Å². The molecule has 2 heteroatoms. The highest BCUT2D eigenvalue weighted by molar-refractivity contribution is 6.10. The van der Waals surface area contributed by atoms with Gasteiger partial charge in [0.2, 0.25) is 0 Å². The van der Waals surface area contributed by atoms with Crippen LogP contribution in [0, 0.1) is 13.8 Å². The fraction of sp³-hybridized carbons (Fsp3) is 0.0645. The third-order valence-corrected chi connectivity index (χ3v) is 6.36. The van der Waals surface area contributed by atoms with Crippen molar-refractivity contribution < 1.29 is 0 Å². The standard InChI is InChI=1S/C31H24N2/c1-21-8-15-27-28-16-14-25(19-31(28)33(30(27)18-21)26-6-4-3-5-7-26)23-10-12-24(13-11-23)29-17-9-22(2)20-32-29/h3-20H,1-2H3. The van der Waals surface area contributed by atoms with E-state index in [-0.39, 0.29) is 0 Å². The Morgan fingerprint density at radius 2 is 1.18 bits per heavy atom. The molecule has 0 saturated heterocycles. The van der Waals surface area contributed by atoms with E-state index in [9.17, 15) is 0 Å². The molecule has 158 valence electrons. The maximum Gasteiger partial charge on any atom is 0.0702 e. The third-order valence-electron chi connectivity index (χ3n) is 6.36. The Morgan fingerprint density at radius 3 is 1.91 bits per heavy atom. The van der Waals surface area contributed by atoms with Crippen LogP contribution in [0.15, 0.2) is 109 Å². The lowest BCUT2D eigenvalue weighted by atomic mass is 10.0. The number of hydrogen-bond acceptors (Lipinski definition) is 1. The summed E-state index contributed by atoms with van der Waals surface area (Å²) in [6, 6.07) is 37.1. The molecule has 6 rings (SSSR count). The minimum Gasteiger partial charge on any atom is -0.309 e. The second kappa shape index (κ2) is 7.75. The van der Waals surface area contributed by atoms with Gasteiger partial charge >= 0.3 is 0 Å². The van der Waals surface area contributed by atoms with Crippen molar-refractivity contribution in [1.82, 2.24) is 9.55 Å². The van der Waals surface area contributed by atoms with E-state index in [1.807, 2.05) is 6.20 Å². The first kappa shape index (κ1) is 19.5. The monoisotopic (exact) mass is 424 g/mol. The molecule has 2 nitrogen and oxygen atoms in total. The fourth-order valence-electron chi connectivity index (χ4n) is 4.64. The van der Waals surface area contributed by atoms with Crippen LogP contribution in [0.3, 0.4) is 0 Å². The van der Waals surface area contributed by atoms with Crippen molar-refractivity contribution in [1.29, 1.82) is 0 Å². The van der Waals surface area contributed by atoms with Gasteiger partial charge in [0.05, 0.1) is 16.7 Å². The van der Waals surface area contributed by atoms with Crippen LogP contribution in [-0.4, -0.2) is 9.55 Å². The predicted molar refractivity (Wildman–Crippen MR) is 139 cm³/mol. The third kappa shape index (κ3) is 3.41. The first-order valence-corrected chi connectivity index (χ1v) is 11.3. The van der Waals surface area contributed by atoms with Gasteiger partial charge in [0, 0.05) is 28.2 Å². The summed E-state index contributed by atoms with van der Waals surface area (Å²) in [6.45, 7) is 4.22. The highest BCUT2D eigenvalue weighted by atomic mass is 15.0. The van der Waals surface area contributed by atoms with Crippen molar-refractivity contribution >= 4 is 21.8 Å². The quantitative estimate of drug-likeness (QED) is 0.280. The average Bonchev–Trinajstić information content (AvgIpc) is 3.17. The predicted octanol–water partition coefficient (Wildman–Crippen LogP) is 8.13. The van der Waals surface area contributed by atoms with Gasteiger partial charge in [0.25, 0.3) is 0 Å². The first-order chi connectivity index (χ1) is 16.2. The summed E-state index contributed by atoms with van der Waals surface area (Å²) >= 11 is 0. The van der Waals surface area contributed by atoms with Crippen LogP contribution < -0.4 is 0 Å². The topological polar surface area (TPSA) is 17.8 Å². The van der Waals surface area contributed by atoms with Crippen LogP contribution in [0.1, 0.15) is 11.1 Å². The maximum atomic E-state index is 4.57. The molecule has 0 fully saturated rings. The van der Waals surface area contributed by atoms with Gasteiger partial charge in [-0.1, -0.05) is 72.8 Å². The van der Waals surface area contributed by atoms with Crippen molar-refractivity contribution in [3.63, 3.8) is 0 Å². The molecule has 0 radical (unpaired) electrons. The van der Waals surface area contributed by atoms with Crippen LogP contribution in [0.2, 0.25) is 0 Å². The second-order valence-corrected chi connectivity index (χ2v) is 8.72. The lowest BCUT2D eigenvalue weighted by Gasteiger charge is -2.09. The molecule has 0 aliphatic heterocycles. The number of para-hydroxylation sites is 1. The Morgan fingerprint density at radius 1 is 0.545 bits per heavy atom. The summed E-state index contributed by atoms with van der Waals surface area (Å²) < 4.78 is 2.38. The Bertz CT molecular complexity index is 1590. The lowest BCUT2D eigenvalue weighted by molar-refractivity contribution is 1.18. The summed E-state index contributed by atoms with van der Waals surface area (Å²) in [5.74, 6) is 0. The summed E-state index contributed by atoms with van der Waals surface area (Å²) in [7, 11) is 0. The van der Waals surface area contributed by atoms with E-state index in [0.717, 1.165) is 11.3 Å². The van der Waals surface area contributed by atoms with Crippen LogP contribution >= 0.6 is 0 Å². The van der Waals surface area contributed by atoms with Crippen molar-refractivity contribution in [2.75, 3.05) is 0 Å². The Labute approximate surface area is 193 Å². The van der Waals surface area contributed by atoms with Crippen LogP contribution in [0.25, 0.3) is 49.9 Å². The Balaban J connectivity index is 1.51. The molecule has 0 N–H and O–H groups in total. The normalized spacial score (nSPS) is 11.3. The smallest absolute Gasteiger partial charge is 0.0702 e. The van der Waals surface area contributed by atoms with E-state index in [0.29, 0.717) is 0 Å². The number of pyridine rings is 1. The molecule has 0 amide bonds. The fourth-order valence-corrected chi connectivity index (χ4v) is 4.64. The first-order valence-electron chi connectivity index (χ1n) is 11.3. The molecular weight excluding hydrogens is 400 g/mol. The summed E-state index contributed by atoms with van der Waals surface area (Å²) in [5.41, 5.74) is 10.6. The van der Waals surface area contributed by atoms with Crippen molar-refractivity contribution in [3.05, 3.63) is 120 Å². The molecule has 2 aromatic heterocycles. The van der Waals surface area contributed by atoms with E-state index in [4.69, 9.17) is 0 Å². The van der Waals surface area contributed by atoms with Gasteiger partial charge < -0.3 is 4.57 Å². The minimum absolute atomic E-state index is 1.00. The number of aryl methyl sites for hydroxylation is 2. The van der Waals surface area contributed by atoms with E-state index >= 15 is 0 Å². The Hall–Kier alpha value is -4.17. The summed E-state index contributed by atoms with van der Waals surface area (Å²) in [6.07, 6.45) is 1.92. The molecule has 0 spiro atoms. The molecule has 2 heterocycles. The Kier molecular flexibility index (Phi) is 4.58. The SMILES string of the molecule is Cc1ccc(-c2ccc(-c3ccc4c5ccc(C)cc5n(-c5ccccc5)c4c3)cc2)nc1. The maximum absolute atomic E-state index is 4.57. The number of aromatic nitrogens is 2. The molecule has 4 aromatic carbocycles. The number of fused-ring (bicyclic) bond motifs is 3. The van der Waals surface area contributed by atoms with Crippen LogP contribution in [0.5, 0.6) is 0 Å². The molecule has 0 atom stereocenters. The molecule has 0 unspecified atom stereocenters. The number of benzene rings is 4. The zero-order valence-corrected chi connectivity index (χ0v) is 18.8. The lowest BCUT2D eigenvalue weighted by Crippen LogP contribution is -1.93. The molecular formula is C31H24N2. The molecule has 6 aromatic rings. The van der Waals surface area contributed by atoms with E-state index in [1.165, 1.54) is 49.7 Å². The van der Waals surface area contributed by atoms with Crippen molar-refractivity contribution in [2.24, 2.45) is 0 Å². The highest BCUT2D eigenvalue weighted by Crippen LogP contribution is 2.35. The van der Waals surface area contributed by atoms with Crippen LogP contribution in [0.4, 0.5) is 0 Å². The second-order valence-electron chi connectivity index (χ2n) is 8.72. The summed E-state index contributed by atoms with van der Waals surface area (Å²) in [4.78, 5) is 4.57.